The topological polar surface area (TPSA) is 109 Å². The van der Waals surface area contributed by atoms with E-state index in [-0.39, 0.29) is 10.8 Å². The minimum atomic E-state index is -0.504. The molecule has 148 valence electrons. The Morgan fingerprint density at radius 3 is 2.68 bits per heavy atom. The number of ether oxygens (including phenoxy) is 1. The van der Waals surface area contributed by atoms with Gasteiger partial charge in [-0.2, -0.15) is 4.99 Å². The predicted molar refractivity (Wildman–Crippen MR) is 103 cm³/mol. The Bertz CT molecular complexity index is 887. The number of hydrogen-bond acceptors (Lipinski definition) is 8. The van der Waals surface area contributed by atoms with Crippen molar-refractivity contribution in [3.05, 3.63) is 36.2 Å². The summed E-state index contributed by atoms with van der Waals surface area (Å²) in [7, 11) is 0. The average Bonchev–Trinajstić information content (AvgIpc) is 3.26. The lowest BCUT2D eigenvalue weighted by atomic mass is 10.2. The zero-order valence-electron chi connectivity index (χ0n) is 16.2. The lowest BCUT2D eigenvalue weighted by Gasteiger charge is -2.37. The second kappa shape index (κ2) is 6.57. The van der Waals surface area contributed by atoms with E-state index < -0.39 is 5.60 Å². The van der Waals surface area contributed by atoms with Gasteiger partial charge >= 0.3 is 6.09 Å². The van der Waals surface area contributed by atoms with Crippen LogP contribution < -0.4 is 5.84 Å². The van der Waals surface area contributed by atoms with Crippen LogP contribution in [0.25, 0.3) is 0 Å². The van der Waals surface area contributed by atoms with E-state index in [1.807, 2.05) is 20.8 Å². The number of fused-ring (bicyclic) bond motifs is 1. The van der Waals surface area contributed by atoms with Crippen LogP contribution in [-0.4, -0.2) is 70.3 Å². The van der Waals surface area contributed by atoms with Gasteiger partial charge in [-0.25, -0.2) is 9.79 Å². The van der Waals surface area contributed by atoms with Crippen molar-refractivity contribution >= 4 is 24.0 Å². The molecule has 28 heavy (non-hydrogen) atoms. The van der Waals surface area contributed by atoms with Gasteiger partial charge in [0, 0.05) is 26.2 Å². The fourth-order valence-electron chi connectivity index (χ4n) is 3.09. The number of piperazine rings is 1. The summed E-state index contributed by atoms with van der Waals surface area (Å²) in [6.45, 7) is 7.94. The molecule has 0 bridgehead atoms. The fourth-order valence-corrected chi connectivity index (χ4v) is 3.09. The first kappa shape index (κ1) is 18.4. The number of aliphatic imine (C=N–C) groups is 2. The Balaban J connectivity index is 1.44. The Kier molecular flexibility index (Phi) is 4.31. The lowest BCUT2D eigenvalue weighted by Crippen LogP contribution is -2.53. The first-order valence-corrected chi connectivity index (χ1v) is 9.14. The number of quaternary nitrogens is 1. The number of furan rings is 1. The Morgan fingerprint density at radius 2 is 2.04 bits per heavy atom. The van der Waals surface area contributed by atoms with E-state index in [2.05, 4.69) is 20.0 Å². The average molecular weight is 386 g/mol. The van der Waals surface area contributed by atoms with Crippen molar-refractivity contribution in [1.29, 1.82) is 0 Å². The van der Waals surface area contributed by atoms with Crippen molar-refractivity contribution in [3.8, 4) is 0 Å². The van der Waals surface area contributed by atoms with Gasteiger partial charge in [-0.05, 0) is 42.7 Å². The standard InChI is InChI=1S/C18H24N7O3/c1-18(2,3)28-17(26)24-8-6-23(7-9-24)14-12-25(19)15(11-20-14)21-16(22-25)13-5-4-10-27-13/h4-5,10-12H,6-9,19H2,1-3H3/q+1. The Morgan fingerprint density at radius 1 is 1.29 bits per heavy atom. The van der Waals surface area contributed by atoms with Crippen molar-refractivity contribution < 1.29 is 18.6 Å². The van der Waals surface area contributed by atoms with Gasteiger partial charge in [0.1, 0.15) is 11.8 Å². The van der Waals surface area contributed by atoms with Gasteiger partial charge < -0.3 is 19.0 Å². The molecule has 1 aromatic heterocycles. The van der Waals surface area contributed by atoms with Crippen LogP contribution in [0.2, 0.25) is 0 Å². The van der Waals surface area contributed by atoms with E-state index in [4.69, 9.17) is 15.0 Å². The van der Waals surface area contributed by atoms with E-state index >= 15 is 0 Å². The molecule has 1 amide bonds. The van der Waals surface area contributed by atoms with Crippen molar-refractivity contribution in [2.75, 3.05) is 26.2 Å². The molecule has 0 aliphatic carbocycles. The minimum absolute atomic E-state index is 0.294. The van der Waals surface area contributed by atoms with Gasteiger partial charge in [0.05, 0.1) is 6.26 Å². The summed E-state index contributed by atoms with van der Waals surface area (Å²) in [6.07, 6.45) is 4.64. The highest BCUT2D eigenvalue weighted by molar-refractivity contribution is 6.31. The third-order valence-electron chi connectivity index (χ3n) is 4.47. The molecule has 1 saturated heterocycles. The number of amidine groups is 2. The summed E-state index contributed by atoms with van der Waals surface area (Å²) in [5.74, 6) is 8.61. The van der Waals surface area contributed by atoms with Gasteiger partial charge in [-0.15, -0.1) is 5.84 Å². The van der Waals surface area contributed by atoms with Crippen LogP contribution in [0.1, 0.15) is 26.5 Å². The molecule has 10 heteroatoms. The number of carbonyl (C=O) groups is 1. The normalized spacial score (nSPS) is 24.5. The summed E-state index contributed by atoms with van der Waals surface area (Å²) in [5.41, 5.74) is -0.504. The largest absolute Gasteiger partial charge is 0.461 e. The van der Waals surface area contributed by atoms with Crippen molar-refractivity contribution in [1.82, 2.24) is 9.80 Å². The van der Waals surface area contributed by atoms with Crippen LogP contribution in [0.5, 0.6) is 0 Å². The highest BCUT2D eigenvalue weighted by atomic mass is 16.6. The van der Waals surface area contributed by atoms with Gasteiger partial charge in [-0.3, -0.25) is 0 Å². The molecule has 2 N–H and O–H groups in total. The molecule has 10 nitrogen and oxygen atoms in total. The molecule has 3 aliphatic heterocycles. The van der Waals surface area contributed by atoms with Gasteiger partial charge in [0.15, 0.2) is 17.8 Å². The van der Waals surface area contributed by atoms with Crippen LogP contribution in [-0.2, 0) is 4.74 Å². The molecular weight excluding hydrogens is 362 g/mol. The van der Waals surface area contributed by atoms with Gasteiger partial charge in [0.2, 0.25) is 0 Å². The molecule has 1 atom stereocenters. The van der Waals surface area contributed by atoms with Gasteiger partial charge in [-0.1, -0.05) is 0 Å². The third kappa shape index (κ3) is 3.56. The van der Waals surface area contributed by atoms with E-state index in [0.29, 0.717) is 49.4 Å². The highest BCUT2D eigenvalue weighted by Gasteiger charge is 2.41. The summed E-state index contributed by atoms with van der Waals surface area (Å²) < 4.78 is 10.5. The molecule has 3 aliphatic rings. The smallest absolute Gasteiger partial charge is 0.410 e. The molecule has 4 heterocycles. The van der Waals surface area contributed by atoms with E-state index in [9.17, 15) is 4.79 Å². The molecule has 1 fully saturated rings. The third-order valence-corrected chi connectivity index (χ3v) is 4.47. The SMILES string of the molecule is CC(C)(C)OC(=O)N1CCN(C2=C[N+]3(N)N=C(c4ccco4)N=C3C=N2)CC1. The number of rotatable bonds is 2. The van der Waals surface area contributed by atoms with E-state index in [1.165, 1.54) is 0 Å². The molecular formula is C18H24N7O3+. The molecule has 0 radical (unpaired) electrons. The maximum Gasteiger partial charge on any atom is 0.410 e. The molecule has 4 rings (SSSR count). The van der Waals surface area contributed by atoms with Crippen LogP contribution in [0.15, 0.2) is 49.9 Å². The van der Waals surface area contributed by atoms with Crippen molar-refractivity contribution in [2.45, 2.75) is 26.4 Å². The summed E-state index contributed by atoms with van der Waals surface area (Å²) >= 11 is 0. The summed E-state index contributed by atoms with van der Waals surface area (Å²) in [6, 6.07) is 3.56. The second-order valence-electron chi connectivity index (χ2n) is 7.81. The monoisotopic (exact) mass is 386 g/mol. The van der Waals surface area contributed by atoms with Crippen molar-refractivity contribution in [2.24, 2.45) is 20.9 Å². The molecule has 0 aromatic carbocycles. The first-order valence-electron chi connectivity index (χ1n) is 9.14. The summed E-state index contributed by atoms with van der Waals surface area (Å²) in [5, 5.41) is 4.47. The summed E-state index contributed by atoms with van der Waals surface area (Å²) in [4.78, 5) is 24.9. The zero-order valence-corrected chi connectivity index (χ0v) is 16.2. The predicted octanol–water partition coefficient (Wildman–Crippen LogP) is 1.48. The Labute approximate surface area is 162 Å². The van der Waals surface area contributed by atoms with Crippen LogP contribution in [0.3, 0.4) is 0 Å². The number of amides is 1. The van der Waals surface area contributed by atoms with Crippen LogP contribution in [0, 0.1) is 0 Å². The first-order chi connectivity index (χ1) is 13.2. The molecule has 1 unspecified atom stereocenters. The highest BCUT2D eigenvalue weighted by Crippen LogP contribution is 2.24. The molecule has 0 spiro atoms. The van der Waals surface area contributed by atoms with E-state index in [0.717, 1.165) is 0 Å². The fraction of sp³-hybridized carbons (Fsp3) is 0.444. The zero-order chi connectivity index (χ0) is 19.9. The maximum atomic E-state index is 12.2. The maximum absolute atomic E-state index is 12.2. The number of hydrogen-bond donors (Lipinski definition) is 1. The quantitative estimate of drug-likeness (QED) is 0.612. The van der Waals surface area contributed by atoms with Crippen molar-refractivity contribution in [3.63, 3.8) is 0 Å². The second-order valence-corrected chi connectivity index (χ2v) is 7.81. The van der Waals surface area contributed by atoms with Gasteiger partial charge in [0.25, 0.3) is 11.7 Å². The number of nitrogens with zero attached hydrogens (tertiary/aromatic N) is 6. The van der Waals surface area contributed by atoms with Crippen LogP contribution in [0.4, 0.5) is 4.79 Å². The van der Waals surface area contributed by atoms with E-state index in [1.54, 1.807) is 35.7 Å². The Hall–Kier alpha value is -2.98. The van der Waals surface area contributed by atoms with Crippen LogP contribution >= 0.6 is 0 Å². The minimum Gasteiger partial charge on any atom is -0.461 e. The number of nitrogens with two attached hydrogens (primary N) is 1. The molecule has 0 saturated carbocycles. The molecule has 1 aromatic rings. The number of carbonyl (C=O) groups excluding carboxylic acids is 1. The lowest BCUT2D eigenvalue weighted by molar-refractivity contribution is -0.803.